The number of nitrogens with one attached hydrogen (secondary N) is 1. The lowest BCUT2D eigenvalue weighted by Gasteiger charge is -2.35. The van der Waals surface area contributed by atoms with Gasteiger partial charge in [0, 0.05) is 30.1 Å². The molecule has 20 heavy (non-hydrogen) atoms. The Kier molecular flexibility index (Phi) is 5.47. The van der Waals surface area contributed by atoms with Crippen molar-refractivity contribution in [2.24, 2.45) is 0 Å². The molecule has 3 nitrogen and oxygen atoms in total. The molecule has 4 heteroatoms. The Hall–Kier alpha value is -0.580. The second-order valence-corrected chi connectivity index (χ2v) is 6.76. The third-order valence-corrected chi connectivity index (χ3v) is 4.46. The van der Waals surface area contributed by atoms with Gasteiger partial charge in [-0.1, -0.05) is 6.07 Å². The lowest BCUT2D eigenvalue weighted by atomic mass is 10.1. The number of halogens is 1. The third-order valence-electron chi connectivity index (χ3n) is 3.84. The number of rotatable bonds is 4. The molecular formula is C16H25BrN2O. The van der Waals surface area contributed by atoms with E-state index in [-0.39, 0.29) is 6.10 Å². The number of benzene rings is 1. The molecule has 1 heterocycles. The second kappa shape index (κ2) is 6.92. The molecule has 1 atom stereocenters. The molecule has 1 fully saturated rings. The smallest absolute Gasteiger partial charge is 0.0874 e. The quantitative estimate of drug-likeness (QED) is 0.906. The molecule has 1 aromatic carbocycles. The molecule has 112 valence electrons. The first-order valence-corrected chi connectivity index (χ1v) is 8.13. The summed E-state index contributed by atoms with van der Waals surface area (Å²) in [4.78, 5) is 2.48. The van der Waals surface area contributed by atoms with Crippen molar-refractivity contribution in [1.82, 2.24) is 4.90 Å². The number of morpholine rings is 1. The van der Waals surface area contributed by atoms with Crippen LogP contribution in [0.5, 0.6) is 0 Å². The molecule has 1 saturated heterocycles. The van der Waals surface area contributed by atoms with Crippen LogP contribution in [-0.4, -0.2) is 43.3 Å². The summed E-state index contributed by atoms with van der Waals surface area (Å²) in [6.45, 7) is 12.5. The maximum Gasteiger partial charge on any atom is 0.0874 e. The van der Waals surface area contributed by atoms with Crippen molar-refractivity contribution in [2.75, 3.05) is 31.6 Å². The molecule has 0 radical (unpaired) electrons. The van der Waals surface area contributed by atoms with Gasteiger partial charge in [-0.05, 0) is 60.8 Å². The molecule has 1 N–H and O–H groups in total. The molecule has 1 aliphatic heterocycles. The zero-order chi connectivity index (χ0) is 14.7. The van der Waals surface area contributed by atoms with Crippen LogP contribution in [0.1, 0.15) is 25.0 Å². The van der Waals surface area contributed by atoms with Crippen molar-refractivity contribution in [1.29, 1.82) is 0 Å². The Morgan fingerprint density at radius 3 is 2.80 bits per heavy atom. The van der Waals surface area contributed by atoms with Gasteiger partial charge in [-0.2, -0.15) is 0 Å². The summed E-state index contributed by atoms with van der Waals surface area (Å²) in [6.07, 6.45) is 0.263. The number of hydrogen-bond acceptors (Lipinski definition) is 3. The highest BCUT2D eigenvalue weighted by Gasteiger charge is 2.22. The monoisotopic (exact) mass is 340 g/mol. The third kappa shape index (κ3) is 3.96. The fourth-order valence-corrected chi connectivity index (χ4v) is 3.50. The molecule has 0 saturated carbocycles. The molecule has 1 unspecified atom stereocenters. The van der Waals surface area contributed by atoms with E-state index in [0.29, 0.717) is 6.04 Å². The zero-order valence-corrected chi connectivity index (χ0v) is 14.5. The number of hydrogen-bond donors (Lipinski definition) is 1. The molecule has 2 rings (SSSR count). The Balaban J connectivity index is 1.95. The van der Waals surface area contributed by atoms with Crippen LogP contribution in [0, 0.1) is 13.8 Å². The van der Waals surface area contributed by atoms with Crippen LogP contribution >= 0.6 is 15.9 Å². The van der Waals surface area contributed by atoms with Crippen molar-refractivity contribution in [3.05, 3.63) is 27.7 Å². The van der Waals surface area contributed by atoms with Gasteiger partial charge in [0.2, 0.25) is 0 Å². The fraction of sp³-hybridized carbons (Fsp3) is 0.625. The van der Waals surface area contributed by atoms with E-state index in [4.69, 9.17) is 4.74 Å². The van der Waals surface area contributed by atoms with Crippen molar-refractivity contribution in [3.63, 3.8) is 0 Å². The first-order valence-electron chi connectivity index (χ1n) is 7.33. The molecule has 0 aliphatic carbocycles. The van der Waals surface area contributed by atoms with E-state index in [1.807, 2.05) is 0 Å². The number of nitrogens with zero attached hydrogens (tertiary/aromatic N) is 1. The lowest BCUT2D eigenvalue weighted by molar-refractivity contribution is -0.0315. The van der Waals surface area contributed by atoms with Crippen LogP contribution in [0.25, 0.3) is 0 Å². The van der Waals surface area contributed by atoms with Gasteiger partial charge in [0.1, 0.15) is 0 Å². The van der Waals surface area contributed by atoms with Crippen LogP contribution in [0.2, 0.25) is 0 Å². The van der Waals surface area contributed by atoms with Crippen LogP contribution in [0.4, 0.5) is 5.69 Å². The SMILES string of the molecule is Cc1cc(C)c(NCC2CN(C(C)C)CCO2)c(Br)c1. The molecule has 1 aromatic rings. The van der Waals surface area contributed by atoms with Gasteiger partial charge in [0.05, 0.1) is 18.4 Å². The van der Waals surface area contributed by atoms with Gasteiger partial charge in [-0.25, -0.2) is 0 Å². The largest absolute Gasteiger partial charge is 0.381 e. The average molecular weight is 341 g/mol. The minimum atomic E-state index is 0.263. The topological polar surface area (TPSA) is 24.5 Å². The minimum Gasteiger partial charge on any atom is -0.381 e. The molecule has 0 bridgehead atoms. The molecular weight excluding hydrogens is 316 g/mol. The van der Waals surface area contributed by atoms with Gasteiger partial charge in [0.15, 0.2) is 0 Å². The highest BCUT2D eigenvalue weighted by Crippen LogP contribution is 2.27. The lowest BCUT2D eigenvalue weighted by Crippen LogP contribution is -2.48. The van der Waals surface area contributed by atoms with E-state index in [2.05, 4.69) is 66.0 Å². The summed E-state index contributed by atoms with van der Waals surface area (Å²) in [7, 11) is 0. The highest BCUT2D eigenvalue weighted by atomic mass is 79.9. The maximum absolute atomic E-state index is 5.86. The van der Waals surface area contributed by atoms with E-state index in [1.54, 1.807) is 0 Å². The summed E-state index contributed by atoms with van der Waals surface area (Å²) in [5.41, 5.74) is 3.73. The highest BCUT2D eigenvalue weighted by molar-refractivity contribution is 9.10. The predicted octanol–water partition coefficient (Wildman–Crippen LogP) is 3.59. The summed E-state index contributed by atoms with van der Waals surface area (Å²) in [5.74, 6) is 0. The van der Waals surface area contributed by atoms with Crippen molar-refractivity contribution in [3.8, 4) is 0 Å². The van der Waals surface area contributed by atoms with Crippen molar-refractivity contribution >= 4 is 21.6 Å². The number of ether oxygens (including phenoxy) is 1. The van der Waals surface area contributed by atoms with Crippen LogP contribution in [-0.2, 0) is 4.74 Å². The molecule has 1 aliphatic rings. The molecule has 0 amide bonds. The van der Waals surface area contributed by atoms with E-state index in [1.165, 1.54) is 16.8 Å². The Morgan fingerprint density at radius 2 is 2.15 bits per heavy atom. The predicted molar refractivity (Wildman–Crippen MR) is 88.6 cm³/mol. The van der Waals surface area contributed by atoms with Gasteiger partial charge in [-0.3, -0.25) is 4.90 Å². The maximum atomic E-state index is 5.86. The first kappa shape index (κ1) is 15.8. The normalized spacial score (nSPS) is 20.4. The van der Waals surface area contributed by atoms with E-state index in [0.717, 1.165) is 30.7 Å². The van der Waals surface area contributed by atoms with E-state index < -0.39 is 0 Å². The first-order chi connectivity index (χ1) is 9.47. The number of anilines is 1. The van der Waals surface area contributed by atoms with Crippen LogP contribution in [0.3, 0.4) is 0 Å². The van der Waals surface area contributed by atoms with Crippen LogP contribution < -0.4 is 5.32 Å². The summed E-state index contributed by atoms with van der Waals surface area (Å²) in [5, 5.41) is 3.54. The van der Waals surface area contributed by atoms with Gasteiger partial charge in [0.25, 0.3) is 0 Å². The van der Waals surface area contributed by atoms with Gasteiger partial charge in [-0.15, -0.1) is 0 Å². The summed E-state index contributed by atoms with van der Waals surface area (Å²) < 4.78 is 7.00. The Morgan fingerprint density at radius 1 is 1.40 bits per heavy atom. The Labute approximate surface area is 130 Å². The van der Waals surface area contributed by atoms with Crippen LogP contribution in [0.15, 0.2) is 16.6 Å². The van der Waals surface area contributed by atoms with Crippen molar-refractivity contribution < 1.29 is 4.74 Å². The van der Waals surface area contributed by atoms with Gasteiger partial charge < -0.3 is 10.1 Å². The second-order valence-electron chi connectivity index (χ2n) is 5.90. The fourth-order valence-electron chi connectivity index (χ4n) is 2.69. The average Bonchev–Trinajstić information content (AvgIpc) is 2.37. The standard InChI is InChI=1S/C16H25BrN2O/c1-11(2)19-5-6-20-14(10-19)9-18-16-13(4)7-12(3)8-15(16)17/h7-8,11,14,18H,5-6,9-10H2,1-4H3. The summed E-state index contributed by atoms with van der Waals surface area (Å²) in [6, 6.07) is 4.95. The Bertz CT molecular complexity index is 439. The van der Waals surface area contributed by atoms with E-state index in [9.17, 15) is 0 Å². The minimum absolute atomic E-state index is 0.263. The zero-order valence-electron chi connectivity index (χ0n) is 12.9. The molecule has 0 spiro atoms. The van der Waals surface area contributed by atoms with Gasteiger partial charge >= 0.3 is 0 Å². The van der Waals surface area contributed by atoms with Crippen molar-refractivity contribution in [2.45, 2.75) is 39.8 Å². The van der Waals surface area contributed by atoms with E-state index >= 15 is 0 Å². The summed E-state index contributed by atoms with van der Waals surface area (Å²) >= 11 is 3.64. The number of aryl methyl sites for hydroxylation is 2. The molecule has 0 aromatic heterocycles.